The zero-order valence-corrected chi connectivity index (χ0v) is 8.00. The molecule has 1 heteroatoms. The van der Waals surface area contributed by atoms with E-state index < -0.39 is 0 Å². The first-order valence-corrected chi connectivity index (χ1v) is 5.15. The van der Waals surface area contributed by atoms with Crippen LogP contribution in [0.15, 0.2) is 18.3 Å². The molecule has 69 valence electrons. The molecule has 0 spiro atoms. The lowest BCUT2D eigenvalue weighted by Gasteiger charge is -2.23. The van der Waals surface area contributed by atoms with Gasteiger partial charge in [-0.1, -0.05) is 19.4 Å². The van der Waals surface area contributed by atoms with Gasteiger partial charge < -0.3 is 0 Å². The Balaban J connectivity index is 2.26. The number of fused-ring (bicyclic) bond motifs is 1. The van der Waals surface area contributed by atoms with E-state index in [-0.39, 0.29) is 0 Å². The molecule has 1 aliphatic rings. The normalized spacial score (nSPS) is 21.2. The number of hydrogen-bond donors (Lipinski definition) is 0. The van der Waals surface area contributed by atoms with E-state index >= 15 is 0 Å². The Morgan fingerprint density at radius 3 is 3.31 bits per heavy atom. The van der Waals surface area contributed by atoms with Gasteiger partial charge in [0.2, 0.25) is 0 Å². The summed E-state index contributed by atoms with van der Waals surface area (Å²) in [6.45, 7) is 3.92. The van der Waals surface area contributed by atoms with Crippen molar-refractivity contribution in [3.8, 4) is 0 Å². The van der Waals surface area contributed by atoms with Crippen molar-refractivity contribution >= 4 is 0 Å². The Morgan fingerprint density at radius 1 is 1.54 bits per heavy atom. The van der Waals surface area contributed by atoms with Crippen molar-refractivity contribution in [1.82, 2.24) is 4.98 Å². The van der Waals surface area contributed by atoms with E-state index in [2.05, 4.69) is 18.0 Å². The highest BCUT2D eigenvalue weighted by Crippen LogP contribution is 2.32. The maximum absolute atomic E-state index is 4.49. The summed E-state index contributed by atoms with van der Waals surface area (Å²) >= 11 is 0. The second kappa shape index (κ2) is 3.91. The summed E-state index contributed by atoms with van der Waals surface area (Å²) in [6, 6.07) is 4.27. The topological polar surface area (TPSA) is 12.9 Å². The minimum atomic E-state index is 0.683. The zero-order valence-electron chi connectivity index (χ0n) is 8.00. The van der Waals surface area contributed by atoms with Gasteiger partial charge in [0, 0.05) is 17.8 Å². The first-order valence-electron chi connectivity index (χ1n) is 5.15. The first-order chi connectivity index (χ1) is 6.42. The Bertz CT molecular complexity index is 280. The second-order valence-electron chi connectivity index (χ2n) is 3.78. The van der Waals surface area contributed by atoms with Crippen molar-refractivity contribution in [2.75, 3.05) is 0 Å². The van der Waals surface area contributed by atoms with Gasteiger partial charge in [0.15, 0.2) is 0 Å². The SMILES string of the molecule is [CH2]CCC1CCCc2cccnc21. The number of hydrogen-bond acceptors (Lipinski definition) is 1. The van der Waals surface area contributed by atoms with Crippen molar-refractivity contribution in [3.63, 3.8) is 0 Å². The van der Waals surface area contributed by atoms with Crippen LogP contribution in [0.3, 0.4) is 0 Å². The minimum absolute atomic E-state index is 0.683. The fraction of sp³-hybridized carbons (Fsp3) is 0.500. The van der Waals surface area contributed by atoms with Gasteiger partial charge in [-0.25, -0.2) is 0 Å². The molecule has 0 N–H and O–H groups in total. The van der Waals surface area contributed by atoms with Crippen LogP contribution < -0.4 is 0 Å². The molecule has 0 saturated heterocycles. The van der Waals surface area contributed by atoms with E-state index in [9.17, 15) is 0 Å². The number of rotatable bonds is 2. The Labute approximate surface area is 80.2 Å². The number of aromatic nitrogens is 1. The molecule has 0 fully saturated rings. The highest BCUT2D eigenvalue weighted by molar-refractivity contribution is 5.25. The van der Waals surface area contributed by atoms with Crippen molar-refractivity contribution in [3.05, 3.63) is 36.5 Å². The maximum Gasteiger partial charge on any atom is 0.0466 e. The molecular formula is C12H16N. The van der Waals surface area contributed by atoms with Gasteiger partial charge in [0.25, 0.3) is 0 Å². The summed E-state index contributed by atoms with van der Waals surface area (Å²) < 4.78 is 0. The van der Waals surface area contributed by atoms with E-state index in [0.717, 1.165) is 6.42 Å². The van der Waals surface area contributed by atoms with Crippen LogP contribution in [0.2, 0.25) is 0 Å². The molecule has 1 aliphatic carbocycles. The lowest BCUT2D eigenvalue weighted by Crippen LogP contribution is -2.11. The van der Waals surface area contributed by atoms with Crippen LogP contribution in [0.5, 0.6) is 0 Å². The lowest BCUT2D eigenvalue weighted by atomic mass is 9.84. The van der Waals surface area contributed by atoms with E-state index in [4.69, 9.17) is 0 Å². The average Bonchev–Trinajstić information content (AvgIpc) is 2.19. The molecule has 0 saturated carbocycles. The summed E-state index contributed by atoms with van der Waals surface area (Å²) in [5.41, 5.74) is 2.81. The van der Waals surface area contributed by atoms with E-state index in [1.165, 1.54) is 36.9 Å². The third-order valence-corrected chi connectivity index (χ3v) is 2.86. The van der Waals surface area contributed by atoms with Crippen molar-refractivity contribution < 1.29 is 0 Å². The smallest absolute Gasteiger partial charge is 0.0466 e. The molecule has 1 aromatic heterocycles. The molecule has 0 aromatic carbocycles. The molecule has 0 aliphatic heterocycles. The van der Waals surface area contributed by atoms with Crippen molar-refractivity contribution in [2.45, 2.75) is 38.0 Å². The van der Waals surface area contributed by atoms with Crippen LogP contribution in [-0.2, 0) is 6.42 Å². The van der Waals surface area contributed by atoms with Gasteiger partial charge >= 0.3 is 0 Å². The van der Waals surface area contributed by atoms with Gasteiger partial charge in [0.1, 0.15) is 0 Å². The van der Waals surface area contributed by atoms with Gasteiger partial charge in [-0.3, -0.25) is 4.98 Å². The fourth-order valence-corrected chi connectivity index (χ4v) is 2.23. The lowest BCUT2D eigenvalue weighted by molar-refractivity contribution is 0.510. The molecule has 13 heavy (non-hydrogen) atoms. The third kappa shape index (κ3) is 1.74. The molecule has 0 amide bonds. The summed E-state index contributed by atoms with van der Waals surface area (Å²) in [4.78, 5) is 4.49. The molecule has 1 nitrogen and oxygen atoms in total. The summed E-state index contributed by atoms with van der Waals surface area (Å²) in [5.74, 6) is 0.683. The van der Waals surface area contributed by atoms with Gasteiger partial charge in [-0.15, -0.1) is 0 Å². The molecule has 0 bridgehead atoms. The number of pyridine rings is 1. The summed E-state index contributed by atoms with van der Waals surface area (Å²) in [7, 11) is 0. The van der Waals surface area contributed by atoms with Crippen molar-refractivity contribution in [2.24, 2.45) is 0 Å². The Morgan fingerprint density at radius 2 is 2.46 bits per heavy atom. The monoisotopic (exact) mass is 174 g/mol. The van der Waals surface area contributed by atoms with Crippen LogP contribution >= 0.6 is 0 Å². The van der Waals surface area contributed by atoms with Gasteiger partial charge in [-0.05, 0) is 37.3 Å². The van der Waals surface area contributed by atoms with Crippen LogP contribution in [-0.4, -0.2) is 4.98 Å². The van der Waals surface area contributed by atoms with Crippen LogP contribution in [0.1, 0.15) is 42.9 Å². The molecule has 1 radical (unpaired) electrons. The van der Waals surface area contributed by atoms with Gasteiger partial charge in [-0.2, -0.15) is 0 Å². The molecule has 1 atom stereocenters. The van der Waals surface area contributed by atoms with E-state index in [0.29, 0.717) is 5.92 Å². The maximum atomic E-state index is 4.49. The predicted octanol–water partition coefficient (Wildman–Crippen LogP) is 3.12. The second-order valence-corrected chi connectivity index (χ2v) is 3.78. The minimum Gasteiger partial charge on any atom is -0.261 e. The molecular weight excluding hydrogens is 158 g/mol. The Kier molecular flexibility index (Phi) is 2.62. The molecule has 1 unspecified atom stereocenters. The summed E-state index contributed by atoms with van der Waals surface area (Å²) in [5, 5.41) is 0. The number of nitrogens with zero attached hydrogens (tertiary/aromatic N) is 1. The standard InChI is InChI=1S/C12H16N/c1-2-5-10-6-3-7-11-8-4-9-13-12(10)11/h4,8-10H,1-3,5-7H2. The number of aryl methyl sites for hydroxylation is 1. The quantitative estimate of drug-likeness (QED) is 0.671. The highest BCUT2D eigenvalue weighted by Gasteiger charge is 2.19. The fourth-order valence-electron chi connectivity index (χ4n) is 2.23. The van der Waals surface area contributed by atoms with Crippen LogP contribution in [0, 0.1) is 6.92 Å². The largest absolute Gasteiger partial charge is 0.261 e. The van der Waals surface area contributed by atoms with Crippen LogP contribution in [0.4, 0.5) is 0 Å². The first kappa shape index (κ1) is 8.74. The third-order valence-electron chi connectivity index (χ3n) is 2.86. The summed E-state index contributed by atoms with van der Waals surface area (Å²) in [6.07, 6.45) is 7.99. The van der Waals surface area contributed by atoms with Crippen LogP contribution in [0.25, 0.3) is 0 Å². The molecule has 1 aromatic rings. The molecule has 2 rings (SSSR count). The zero-order chi connectivity index (χ0) is 9.10. The predicted molar refractivity (Wildman–Crippen MR) is 54.5 cm³/mol. The van der Waals surface area contributed by atoms with E-state index in [1.54, 1.807) is 0 Å². The highest BCUT2D eigenvalue weighted by atomic mass is 14.7. The average molecular weight is 174 g/mol. The van der Waals surface area contributed by atoms with Crippen molar-refractivity contribution in [1.29, 1.82) is 0 Å². The van der Waals surface area contributed by atoms with E-state index in [1.807, 2.05) is 12.3 Å². The van der Waals surface area contributed by atoms with Gasteiger partial charge in [0.05, 0.1) is 0 Å². The molecule has 1 heterocycles. The Hall–Kier alpha value is -0.850.